The van der Waals surface area contributed by atoms with E-state index in [1.54, 1.807) is 0 Å². The third kappa shape index (κ3) is 1.60. The summed E-state index contributed by atoms with van der Waals surface area (Å²) in [6.45, 7) is 3.66. The molecule has 2 unspecified atom stereocenters. The number of hydrogen-bond acceptors (Lipinski definition) is 3. The van der Waals surface area contributed by atoms with E-state index in [1.165, 1.54) is 12.8 Å². The summed E-state index contributed by atoms with van der Waals surface area (Å²) < 4.78 is 0. The smallest absolute Gasteiger partial charge is 0.0921 e. The Bertz CT molecular complexity index is 193. The summed E-state index contributed by atoms with van der Waals surface area (Å²) in [7, 11) is 0. The van der Waals surface area contributed by atoms with Gasteiger partial charge in [-0.1, -0.05) is 0 Å². The van der Waals surface area contributed by atoms with E-state index in [-0.39, 0.29) is 6.04 Å². The molecule has 0 aromatic rings. The second kappa shape index (κ2) is 3.23. The van der Waals surface area contributed by atoms with E-state index < -0.39 is 5.60 Å². The van der Waals surface area contributed by atoms with Crippen molar-refractivity contribution in [1.29, 1.82) is 0 Å². The zero-order valence-electron chi connectivity index (χ0n) is 8.37. The third-order valence-electron chi connectivity index (χ3n) is 3.67. The van der Waals surface area contributed by atoms with Crippen LogP contribution in [-0.2, 0) is 0 Å². The minimum Gasteiger partial charge on any atom is -0.387 e. The minimum absolute atomic E-state index is 0.249. The summed E-state index contributed by atoms with van der Waals surface area (Å²) in [6.07, 6.45) is 4.58. The Morgan fingerprint density at radius 2 is 2.23 bits per heavy atom. The Kier molecular flexibility index (Phi) is 2.34. The third-order valence-corrected chi connectivity index (χ3v) is 3.67. The first-order valence-electron chi connectivity index (χ1n) is 5.35. The van der Waals surface area contributed by atoms with E-state index in [2.05, 4.69) is 11.8 Å². The number of aliphatic hydroxyl groups is 1. The van der Waals surface area contributed by atoms with Crippen LogP contribution in [0.15, 0.2) is 0 Å². The summed E-state index contributed by atoms with van der Waals surface area (Å²) in [6, 6.07) is 0.993. The van der Waals surface area contributed by atoms with Crippen molar-refractivity contribution >= 4 is 0 Å². The van der Waals surface area contributed by atoms with Gasteiger partial charge in [0.05, 0.1) is 5.60 Å². The van der Waals surface area contributed by atoms with Crippen molar-refractivity contribution in [3.05, 3.63) is 0 Å². The average molecular weight is 184 g/mol. The summed E-state index contributed by atoms with van der Waals surface area (Å²) >= 11 is 0. The molecule has 2 atom stereocenters. The molecule has 0 radical (unpaired) electrons. The standard InChI is InChI=1S/C10H20N2O/c1-8-10(13,7-11)5-2-6-12(8)9-3-4-9/h8-9,13H,2-7,11H2,1H3. The molecule has 76 valence electrons. The van der Waals surface area contributed by atoms with Gasteiger partial charge >= 0.3 is 0 Å². The van der Waals surface area contributed by atoms with Crippen molar-refractivity contribution in [2.75, 3.05) is 13.1 Å². The van der Waals surface area contributed by atoms with Gasteiger partial charge in [0, 0.05) is 18.6 Å². The zero-order chi connectivity index (χ0) is 9.47. The first-order valence-corrected chi connectivity index (χ1v) is 5.35. The lowest BCUT2D eigenvalue weighted by atomic mass is 9.85. The van der Waals surface area contributed by atoms with Gasteiger partial charge in [-0.05, 0) is 39.2 Å². The molecule has 3 N–H and O–H groups in total. The second-order valence-electron chi connectivity index (χ2n) is 4.56. The first-order chi connectivity index (χ1) is 6.17. The first kappa shape index (κ1) is 9.44. The molecule has 1 aliphatic carbocycles. The van der Waals surface area contributed by atoms with E-state index in [4.69, 9.17) is 5.73 Å². The number of hydrogen-bond donors (Lipinski definition) is 2. The predicted molar refractivity (Wildman–Crippen MR) is 52.4 cm³/mol. The van der Waals surface area contributed by atoms with Crippen LogP contribution in [0.3, 0.4) is 0 Å². The molecule has 1 heterocycles. The lowest BCUT2D eigenvalue weighted by Crippen LogP contribution is -2.59. The Morgan fingerprint density at radius 1 is 1.54 bits per heavy atom. The fraction of sp³-hybridized carbons (Fsp3) is 1.00. The molecule has 0 bridgehead atoms. The number of likely N-dealkylation sites (tertiary alicyclic amines) is 1. The van der Waals surface area contributed by atoms with Gasteiger partial charge in [-0.15, -0.1) is 0 Å². The van der Waals surface area contributed by atoms with Crippen LogP contribution in [0.2, 0.25) is 0 Å². The summed E-state index contributed by atoms with van der Waals surface area (Å²) in [5, 5.41) is 10.2. The van der Waals surface area contributed by atoms with Crippen molar-refractivity contribution in [3.63, 3.8) is 0 Å². The molecule has 0 amide bonds. The van der Waals surface area contributed by atoms with Crippen molar-refractivity contribution in [1.82, 2.24) is 4.90 Å². The molecule has 2 fully saturated rings. The topological polar surface area (TPSA) is 49.5 Å². The number of nitrogens with zero attached hydrogens (tertiary/aromatic N) is 1. The van der Waals surface area contributed by atoms with Gasteiger partial charge in [-0.2, -0.15) is 0 Å². The highest BCUT2D eigenvalue weighted by Gasteiger charge is 2.44. The summed E-state index contributed by atoms with van der Waals surface area (Å²) in [5.74, 6) is 0. The van der Waals surface area contributed by atoms with E-state index in [0.29, 0.717) is 6.54 Å². The number of nitrogens with two attached hydrogens (primary N) is 1. The van der Waals surface area contributed by atoms with Crippen LogP contribution in [-0.4, -0.2) is 40.8 Å². The normalized spacial score (nSPS) is 42.2. The van der Waals surface area contributed by atoms with Crippen molar-refractivity contribution < 1.29 is 5.11 Å². The lowest BCUT2D eigenvalue weighted by molar-refractivity contribution is -0.0698. The maximum atomic E-state index is 10.2. The molecule has 3 nitrogen and oxygen atoms in total. The number of rotatable bonds is 2. The van der Waals surface area contributed by atoms with Crippen molar-refractivity contribution in [2.24, 2.45) is 5.73 Å². The Morgan fingerprint density at radius 3 is 2.77 bits per heavy atom. The quantitative estimate of drug-likeness (QED) is 0.650. The Labute approximate surface area is 79.9 Å². The predicted octanol–water partition coefficient (Wildman–Crippen LogP) is 0.323. The van der Waals surface area contributed by atoms with Gasteiger partial charge in [-0.3, -0.25) is 4.90 Å². The molecule has 0 spiro atoms. The monoisotopic (exact) mass is 184 g/mol. The van der Waals surface area contributed by atoms with E-state index in [9.17, 15) is 5.11 Å². The van der Waals surface area contributed by atoms with Crippen LogP contribution in [0.1, 0.15) is 32.6 Å². The van der Waals surface area contributed by atoms with Crippen LogP contribution in [0.25, 0.3) is 0 Å². The summed E-state index contributed by atoms with van der Waals surface area (Å²) in [4.78, 5) is 2.44. The lowest BCUT2D eigenvalue weighted by Gasteiger charge is -2.45. The molecule has 13 heavy (non-hydrogen) atoms. The largest absolute Gasteiger partial charge is 0.387 e. The molecular weight excluding hydrogens is 164 g/mol. The van der Waals surface area contributed by atoms with Gasteiger partial charge in [0.25, 0.3) is 0 Å². The average Bonchev–Trinajstić information content (AvgIpc) is 2.93. The van der Waals surface area contributed by atoms with Crippen LogP contribution >= 0.6 is 0 Å². The molecule has 1 saturated heterocycles. The fourth-order valence-corrected chi connectivity index (χ4v) is 2.46. The highest BCUT2D eigenvalue weighted by atomic mass is 16.3. The Hall–Kier alpha value is -0.120. The zero-order valence-corrected chi connectivity index (χ0v) is 8.37. The summed E-state index contributed by atoms with van der Waals surface area (Å²) in [5.41, 5.74) is 5.01. The molecule has 2 rings (SSSR count). The molecule has 0 aromatic carbocycles. The Balaban J connectivity index is 2.06. The molecule has 1 aliphatic heterocycles. The molecule has 1 saturated carbocycles. The molecular formula is C10H20N2O. The number of piperidine rings is 1. The van der Waals surface area contributed by atoms with Crippen LogP contribution in [0.5, 0.6) is 0 Å². The molecule has 0 aromatic heterocycles. The molecule has 2 aliphatic rings. The van der Waals surface area contributed by atoms with E-state index in [1.807, 2.05) is 0 Å². The minimum atomic E-state index is -0.624. The van der Waals surface area contributed by atoms with Crippen molar-refractivity contribution in [3.8, 4) is 0 Å². The van der Waals surface area contributed by atoms with Gasteiger partial charge in [0.15, 0.2) is 0 Å². The van der Waals surface area contributed by atoms with E-state index >= 15 is 0 Å². The molecule has 3 heteroatoms. The van der Waals surface area contributed by atoms with E-state index in [0.717, 1.165) is 25.4 Å². The fourth-order valence-electron chi connectivity index (χ4n) is 2.46. The van der Waals surface area contributed by atoms with Crippen LogP contribution in [0.4, 0.5) is 0 Å². The highest BCUT2D eigenvalue weighted by molar-refractivity contribution is 5.00. The van der Waals surface area contributed by atoms with Crippen LogP contribution < -0.4 is 5.73 Å². The maximum Gasteiger partial charge on any atom is 0.0921 e. The maximum absolute atomic E-state index is 10.2. The van der Waals surface area contributed by atoms with Gasteiger partial charge in [0.2, 0.25) is 0 Å². The SMILES string of the molecule is CC1N(C2CC2)CCCC1(O)CN. The van der Waals surface area contributed by atoms with Crippen molar-refractivity contribution in [2.45, 2.75) is 50.3 Å². The second-order valence-corrected chi connectivity index (χ2v) is 4.56. The van der Waals surface area contributed by atoms with Gasteiger partial charge in [-0.25, -0.2) is 0 Å². The van der Waals surface area contributed by atoms with Gasteiger partial charge in [0.1, 0.15) is 0 Å². The highest BCUT2D eigenvalue weighted by Crippen LogP contribution is 2.36. The van der Waals surface area contributed by atoms with Crippen LogP contribution in [0, 0.1) is 0 Å². The van der Waals surface area contributed by atoms with Gasteiger partial charge < -0.3 is 10.8 Å².